The Morgan fingerprint density at radius 2 is 1.70 bits per heavy atom. The van der Waals surface area contributed by atoms with Gasteiger partial charge in [-0.3, -0.25) is 0 Å². The van der Waals surface area contributed by atoms with Crippen molar-refractivity contribution in [2.75, 3.05) is 18.0 Å². The molecule has 1 N–H and O–H groups in total. The molecular formula is C24H22ClN5O3. The quantitative estimate of drug-likeness (QED) is 0.427. The van der Waals surface area contributed by atoms with Crippen LogP contribution in [0.4, 0.5) is 5.82 Å². The summed E-state index contributed by atoms with van der Waals surface area (Å²) in [7, 11) is 0. The highest BCUT2D eigenvalue weighted by molar-refractivity contribution is 6.30. The van der Waals surface area contributed by atoms with Gasteiger partial charge in [0.05, 0.1) is 17.3 Å². The van der Waals surface area contributed by atoms with Crippen molar-refractivity contribution in [3.63, 3.8) is 0 Å². The Morgan fingerprint density at radius 3 is 2.39 bits per heavy atom. The zero-order chi connectivity index (χ0) is 22.8. The minimum atomic E-state index is -1.04. The second-order valence-corrected chi connectivity index (χ2v) is 8.40. The van der Waals surface area contributed by atoms with Crippen LogP contribution < -0.4 is 9.64 Å². The number of rotatable bonds is 5. The maximum Gasteiger partial charge on any atom is 0.338 e. The van der Waals surface area contributed by atoms with Crippen LogP contribution in [0, 0.1) is 0 Å². The van der Waals surface area contributed by atoms with Gasteiger partial charge < -0.3 is 14.7 Å². The van der Waals surface area contributed by atoms with Gasteiger partial charge in [0.25, 0.3) is 5.95 Å². The summed E-state index contributed by atoms with van der Waals surface area (Å²) >= 11 is 5.98. The fraction of sp³-hybridized carbons (Fsp3) is 0.250. The fourth-order valence-corrected chi connectivity index (χ4v) is 4.08. The van der Waals surface area contributed by atoms with Crippen LogP contribution in [-0.2, 0) is 0 Å². The molecule has 4 aromatic rings. The maximum atomic E-state index is 11.3. The Hall–Kier alpha value is -3.65. The second kappa shape index (κ2) is 9.07. The van der Waals surface area contributed by atoms with Gasteiger partial charge in [-0.25, -0.2) is 14.5 Å². The predicted octanol–water partition coefficient (Wildman–Crippen LogP) is 5.34. The number of hydrogen-bond acceptors (Lipinski definition) is 6. The molecular weight excluding hydrogens is 442 g/mol. The van der Waals surface area contributed by atoms with Gasteiger partial charge in [0.15, 0.2) is 0 Å². The van der Waals surface area contributed by atoms with Gasteiger partial charge >= 0.3 is 5.97 Å². The first-order valence-electron chi connectivity index (χ1n) is 10.9. The van der Waals surface area contributed by atoms with Crippen molar-refractivity contribution in [1.82, 2.24) is 19.7 Å². The molecule has 1 aliphatic heterocycles. The Balaban J connectivity index is 1.59. The van der Waals surface area contributed by atoms with Crippen LogP contribution in [0.1, 0.15) is 36.0 Å². The molecule has 1 fully saturated rings. The van der Waals surface area contributed by atoms with Crippen LogP contribution in [-0.4, -0.2) is 43.9 Å². The molecule has 1 saturated heterocycles. The average Bonchev–Trinajstić information content (AvgIpc) is 3.17. The molecule has 0 spiro atoms. The highest BCUT2D eigenvalue weighted by atomic mass is 35.5. The van der Waals surface area contributed by atoms with E-state index in [1.807, 2.05) is 30.3 Å². The summed E-state index contributed by atoms with van der Waals surface area (Å²) in [5.41, 5.74) is 0.816. The molecule has 2 aromatic heterocycles. The first kappa shape index (κ1) is 21.2. The van der Waals surface area contributed by atoms with E-state index in [4.69, 9.17) is 21.3 Å². The molecule has 0 aliphatic carbocycles. The molecule has 0 unspecified atom stereocenters. The summed E-state index contributed by atoms with van der Waals surface area (Å²) in [6.45, 7) is 1.79. The molecule has 0 saturated carbocycles. The van der Waals surface area contributed by atoms with Gasteiger partial charge in [0.2, 0.25) is 0 Å². The van der Waals surface area contributed by atoms with E-state index in [1.54, 1.807) is 12.1 Å². The number of ether oxygens (including phenoxy) is 1. The second-order valence-electron chi connectivity index (χ2n) is 7.96. The third-order valence-electron chi connectivity index (χ3n) is 5.62. The van der Waals surface area contributed by atoms with E-state index < -0.39 is 5.97 Å². The van der Waals surface area contributed by atoms with Gasteiger partial charge in [0.1, 0.15) is 17.3 Å². The Bertz CT molecular complexity index is 1300. The molecule has 0 atom stereocenters. The number of halogens is 1. The van der Waals surface area contributed by atoms with E-state index in [1.165, 1.54) is 29.9 Å². The number of carboxylic acids is 1. The van der Waals surface area contributed by atoms with Crippen molar-refractivity contribution < 1.29 is 14.6 Å². The first-order valence-corrected chi connectivity index (χ1v) is 11.2. The number of aromatic carboxylic acids is 1. The van der Waals surface area contributed by atoms with E-state index >= 15 is 0 Å². The molecule has 5 rings (SSSR count). The monoisotopic (exact) mass is 463 g/mol. The number of nitrogens with zero attached hydrogens (tertiary/aromatic N) is 5. The molecule has 1 aliphatic rings. The molecule has 0 radical (unpaired) electrons. The van der Waals surface area contributed by atoms with Crippen molar-refractivity contribution in [2.45, 2.75) is 25.7 Å². The fourth-order valence-electron chi connectivity index (χ4n) is 3.95. The lowest BCUT2D eigenvalue weighted by molar-refractivity contribution is 0.0697. The number of benzene rings is 2. The van der Waals surface area contributed by atoms with Gasteiger partial charge in [-0.1, -0.05) is 24.4 Å². The van der Waals surface area contributed by atoms with Crippen molar-refractivity contribution in [3.8, 4) is 17.4 Å². The molecule has 8 nitrogen and oxygen atoms in total. The smallest absolute Gasteiger partial charge is 0.338 e. The number of fused-ring (bicyclic) bond motifs is 1. The minimum absolute atomic E-state index is 0.0849. The lowest BCUT2D eigenvalue weighted by Gasteiger charge is -2.23. The van der Waals surface area contributed by atoms with Crippen molar-refractivity contribution in [1.29, 1.82) is 0 Å². The first-order chi connectivity index (χ1) is 16.1. The van der Waals surface area contributed by atoms with Gasteiger partial charge in [-0.05, 0) is 55.3 Å². The van der Waals surface area contributed by atoms with Crippen LogP contribution in [0.5, 0.6) is 11.5 Å². The lowest BCUT2D eigenvalue weighted by Crippen LogP contribution is -2.26. The summed E-state index contributed by atoms with van der Waals surface area (Å²) in [5.74, 6) is 1.44. The Morgan fingerprint density at radius 1 is 0.970 bits per heavy atom. The summed E-state index contributed by atoms with van der Waals surface area (Å²) in [6, 6.07) is 12.9. The van der Waals surface area contributed by atoms with Crippen LogP contribution in [0.15, 0.2) is 54.9 Å². The third-order valence-corrected chi connectivity index (χ3v) is 5.88. The largest absolute Gasteiger partial charge is 0.478 e. The predicted molar refractivity (Wildman–Crippen MR) is 126 cm³/mol. The van der Waals surface area contributed by atoms with Crippen molar-refractivity contribution in [2.24, 2.45) is 0 Å². The van der Waals surface area contributed by atoms with Gasteiger partial charge in [-0.2, -0.15) is 10.1 Å². The van der Waals surface area contributed by atoms with Crippen LogP contribution in [0.3, 0.4) is 0 Å². The number of anilines is 1. The van der Waals surface area contributed by atoms with E-state index in [0.717, 1.165) is 42.7 Å². The topological polar surface area (TPSA) is 93.4 Å². The third kappa shape index (κ3) is 4.61. The zero-order valence-corrected chi connectivity index (χ0v) is 18.6. The number of hydrogen-bond donors (Lipinski definition) is 1. The van der Waals surface area contributed by atoms with E-state index in [2.05, 4.69) is 15.0 Å². The van der Waals surface area contributed by atoms with Crippen molar-refractivity contribution in [3.05, 3.63) is 65.4 Å². The molecule has 33 heavy (non-hydrogen) atoms. The lowest BCUT2D eigenvalue weighted by atomic mass is 10.2. The van der Waals surface area contributed by atoms with Crippen LogP contribution in [0.2, 0.25) is 5.02 Å². The summed E-state index contributed by atoms with van der Waals surface area (Å²) < 4.78 is 7.44. The highest BCUT2D eigenvalue weighted by Crippen LogP contribution is 2.32. The summed E-state index contributed by atoms with van der Waals surface area (Å²) in [6.07, 6.45) is 7.29. The van der Waals surface area contributed by atoms with Crippen LogP contribution >= 0.6 is 11.6 Å². The van der Waals surface area contributed by atoms with Crippen LogP contribution in [0.25, 0.3) is 16.9 Å². The molecule has 0 bridgehead atoms. The van der Waals surface area contributed by atoms with Gasteiger partial charge in [-0.15, -0.1) is 0 Å². The van der Waals surface area contributed by atoms with E-state index in [0.29, 0.717) is 22.5 Å². The number of carboxylic acid groups (broad SMARTS) is 1. The normalized spacial score (nSPS) is 14.3. The average molecular weight is 464 g/mol. The van der Waals surface area contributed by atoms with Gasteiger partial charge in [0, 0.05) is 29.7 Å². The summed E-state index contributed by atoms with van der Waals surface area (Å²) in [5, 5.41) is 14.9. The van der Waals surface area contributed by atoms with Crippen molar-refractivity contribution >= 4 is 34.3 Å². The highest BCUT2D eigenvalue weighted by Gasteiger charge is 2.19. The molecule has 0 amide bonds. The van der Waals surface area contributed by atoms with E-state index in [-0.39, 0.29) is 5.56 Å². The molecule has 168 valence electrons. The molecule has 2 aromatic carbocycles. The number of aromatic nitrogens is 4. The zero-order valence-electron chi connectivity index (χ0n) is 17.8. The SMILES string of the molecule is O=C(O)c1cnn(-c2nc(N3CCCCCC3)c3cc(Oc4ccc(Cl)cc4)ccc3n2)c1. The maximum absolute atomic E-state index is 11.3. The minimum Gasteiger partial charge on any atom is -0.478 e. The Labute approximate surface area is 195 Å². The Kier molecular flexibility index (Phi) is 5.83. The standard InChI is InChI=1S/C24H22ClN5O3/c25-17-5-7-18(8-6-17)33-19-9-10-21-20(13-19)22(29-11-3-1-2-4-12-29)28-24(27-21)30-15-16(14-26-30)23(31)32/h5-10,13-15H,1-4,11-12H2,(H,31,32). The molecule has 9 heteroatoms. The molecule has 3 heterocycles. The summed E-state index contributed by atoms with van der Waals surface area (Å²) in [4.78, 5) is 23.0. The van der Waals surface area contributed by atoms with E-state index in [9.17, 15) is 9.90 Å². The number of carbonyl (C=O) groups is 1.